The molecule has 2 aliphatic heterocycles. The van der Waals surface area contributed by atoms with Gasteiger partial charge in [0.05, 0.1) is 12.2 Å². The molecule has 3 atom stereocenters. The Morgan fingerprint density at radius 3 is 2.62 bits per heavy atom. The zero-order valence-corrected chi connectivity index (χ0v) is 7.56. The number of nitrogens with one attached hydrogen (secondary N) is 1. The fourth-order valence-electron chi connectivity index (χ4n) is 2.66. The van der Waals surface area contributed by atoms with E-state index in [-0.39, 0.29) is 0 Å². The van der Waals surface area contributed by atoms with Crippen LogP contribution in [0.15, 0.2) is 12.4 Å². The molecule has 4 heteroatoms. The van der Waals surface area contributed by atoms with Gasteiger partial charge in [-0.2, -0.15) is 0 Å². The summed E-state index contributed by atoms with van der Waals surface area (Å²) in [6.45, 7) is 0. The second kappa shape index (κ2) is 2.80. The summed E-state index contributed by atoms with van der Waals surface area (Å²) in [6.07, 6.45) is 8.88. The molecule has 0 amide bonds. The molecular weight excluding hydrogens is 164 g/mol. The SMILES string of the molecule is c1cn(C2C[C@H]3CC[C@@H](C2)N3)nn1. The van der Waals surface area contributed by atoms with Crippen molar-refractivity contribution in [2.24, 2.45) is 0 Å². The molecule has 0 saturated carbocycles. The van der Waals surface area contributed by atoms with Crippen LogP contribution in [0.3, 0.4) is 0 Å². The number of hydrogen-bond donors (Lipinski definition) is 1. The topological polar surface area (TPSA) is 42.7 Å². The molecule has 1 unspecified atom stereocenters. The van der Waals surface area contributed by atoms with Gasteiger partial charge in [-0.05, 0) is 25.7 Å². The maximum absolute atomic E-state index is 4.08. The standard InChI is InChI=1S/C9H14N4/c1-2-8-6-9(5-7(1)11-8)13-4-3-10-12-13/h3-4,7-9,11H,1-2,5-6H2/t7-,8+,9?. The van der Waals surface area contributed by atoms with Crippen LogP contribution in [-0.4, -0.2) is 27.1 Å². The summed E-state index contributed by atoms with van der Waals surface area (Å²) < 4.78 is 2.02. The minimum atomic E-state index is 0.584. The Bertz CT molecular complexity index is 270. The van der Waals surface area contributed by atoms with Crippen molar-refractivity contribution in [2.45, 2.75) is 43.8 Å². The van der Waals surface area contributed by atoms with Gasteiger partial charge in [0.2, 0.25) is 0 Å². The lowest BCUT2D eigenvalue weighted by atomic mass is 10.0. The molecule has 1 N–H and O–H groups in total. The fraction of sp³-hybridized carbons (Fsp3) is 0.778. The molecule has 1 aromatic heterocycles. The molecular formula is C9H14N4. The maximum Gasteiger partial charge on any atom is 0.0693 e. The lowest BCUT2D eigenvalue weighted by molar-refractivity contribution is 0.278. The Kier molecular flexibility index (Phi) is 1.62. The molecule has 4 nitrogen and oxygen atoms in total. The van der Waals surface area contributed by atoms with Gasteiger partial charge in [-0.3, -0.25) is 0 Å². The summed E-state index contributed by atoms with van der Waals surface area (Å²) in [4.78, 5) is 0. The largest absolute Gasteiger partial charge is 0.311 e. The van der Waals surface area contributed by atoms with E-state index in [1.54, 1.807) is 6.20 Å². The van der Waals surface area contributed by atoms with Gasteiger partial charge in [0.25, 0.3) is 0 Å². The van der Waals surface area contributed by atoms with E-state index >= 15 is 0 Å². The Balaban J connectivity index is 1.80. The second-order valence-corrected chi connectivity index (χ2v) is 4.15. The molecule has 2 fully saturated rings. The average molecular weight is 178 g/mol. The Morgan fingerprint density at radius 2 is 2.00 bits per heavy atom. The summed E-state index contributed by atoms with van der Waals surface area (Å²) >= 11 is 0. The van der Waals surface area contributed by atoms with Crippen LogP contribution in [0, 0.1) is 0 Å². The molecule has 0 aromatic carbocycles. The van der Waals surface area contributed by atoms with Gasteiger partial charge < -0.3 is 5.32 Å². The predicted molar refractivity (Wildman–Crippen MR) is 48.2 cm³/mol. The van der Waals surface area contributed by atoms with E-state index in [9.17, 15) is 0 Å². The van der Waals surface area contributed by atoms with Gasteiger partial charge >= 0.3 is 0 Å². The highest BCUT2D eigenvalue weighted by molar-refractivity contribution is 4.94. The normalized spacial score (nSPS) is 38.0. The van der Waals surface area contributed by atoms with Gasteiger partial charge in [0.1, 0.15) is 0 Å². The van der Waals surface area contributed by atoms with E-state index < -0.39 is 0 Å². The van der Waals surface area contributed by atoms with E-state index in [4.69, 9.17) is 0 Å². The third kappa shape index (κ3) is 1.25. The molecule has 13 heavy (non-hydrogen) atoms. The van der Waals surface area contributed by atoms with E-state index in [0.29, 0.717) is 6.04 Å². The minimum Gasteiger partial charge on any atom is -0.311 e. The first-order valence-electron chi connectivity index (χ1n) is 5.03. The Morgan fingerprint density at radius 1 is 1.23 bits per heavy atom. The third-order valence-electron chi connectivity index (χ3n) is 3.26. The monoisotopic (exact) mass is 178 g/mol. The summed E-state index contributed by atoms with van der Waals surface area (Å²) in [5.41, 5.74) is 0. The zero-order chi connectivity index (χ0) is 8.67. The predicted octanol–water partition coefficient (Wildman–Crippen LogP) is 0.734. The van der Waals surface area contributed by atoms with Crippen molar-refractivity contribution in [2.75, 3.05) is 0 Å². The van der Waals surface area contributed by atoms with Crippen LogP contribution in [0.1, 0.15) is 31.7 Å². The molecule has 2 saturated heterocycles. The lowest BCUT2D eigenvalue weighted by Gasteiger charge is -2.28. The Hall–Kier alpha value is -0.900. The Labute approximate surface area is 77.3 Å². The van der Waals surface area contributed by atoms with Crippen molar-refractivity contribution < 1.29 is 0 Å². The van der Waals surface area contributed by atoms with Gasteiger partial charge in [0.15, 0.2) is 0 Å². The molecule has 0 spiro atoms. The van der Waals surface area contributed by atoms with Crippen LogP contribution < -0.4 is 5.32 Å². The van der Waals surface area contributed by atoms with Crippen LogP contribution in [0.4, 0.5) is 0 Å². The summed E-state index contributed by atoms with van der Waals surface area (Å²) in [5, 5.41) is 11.6. The molecule has 3 heterocycles. The molecule has 0 radical (unpaired) electrons. The van der Waals surface area contributed by atoms with Gasteiger partial charge in [-0.1, -0.05) is 5.21 Å². The van der Waals surface area contributed by atoms with Crippen molar-refractivity contribution >= 4 is 0 Å². The van der Waals surface area contributed by atoms with Crippen LogP contribution in [0.2, 0.25) is 0 Å². The van der Waals surface area contributed by atoms with Gasteiger partial charge in [-0.25, -0.2) is 4.68 Å². The smallest absolute Gasteiger partial charge is 0.0693 e. The van der Waals surface area contributed by atoms with Crippen LogP contribution in [0.25, 0.3) is 0 Å². The summed E-state index contributed by atoms with van der Waals surface area (Å²) in [5.74, 6) is 0. The van der Waals surface area contributed by atoms with E-state index in [1.807, 2.05) is 10.9 Å². The highest BCUT2D eigenvalue weighted by atomic mass is 15.4. The van der Waals surface area contributed by atoms with E-state index in [2.05, 4.69) is 15.6 Å². The van der Waals surface area contributed by atoms with Crippen molar-refractivity contribution in [1.29, 1.82) is 0 Å². The second-order valence-electron chi connectivity index (χ2n) is 4.15. The van der Waals surface area contributed by atoms with Crippen LogP contribution in [0.5, 0.6) is 0 Å². The number of hydrogen-bond acceptors (Lipinski definition) is 3. The number of fused-ring (bicyclic) bond motifs is 2. The molecule has 2 bridgehead atoms. The number of rotatable bonds is 1. The van der Waals surface area contributed by atoms with Gasteiger partial charge in [-0.15, -0.1) is 5.10 Å². The molecule has 1 aromatic rings. The molecule has 0 aliphatic carbocycles. The maximum atomic E-state index is 4.08. The average Bonchev–Trinajstić information content (AvgIpc) is 2.75. The molecule has 2 aliphatic rings. The van der Waals surface area contributed by atoms with E-state index in [1.165, 1.54) is 25.7 Å². The third-order valence-corrected chi connectivity index (χ3v) is 3.26. The first-order valence-corrected chi connectivity index (χ1v) is 5.03. The highest BCUT2D eigenvalue weighted by Crippen LogP contribution is 2.33. The quantitative estimate of drug-likeness (QED) is 0.689. The first-order chi connectivity index (χ1) is 6.42. The number of aromatic nitrogens is 3. The highest BCUT2D eigenvalue weighted by Gasteiger charge is 2.34. The fourth-order valence-corrected chi connectivity index (χ4v) is 2.66. The van der Waals surface area contributed by atoms with Crippen molar-refractivity contribution in [3.63, 3.8) is 0 Å². The van der Waals surface area contributed by atoms with Crippen LogP contribution in [-0.2, 0) is 0 Å². The minimum absolute atomic E-state index is 0.584. The summed E-state index contributed by atoms with van der Waals surface area (Å²) in [6, 6.07) is 2.04. The van der Waals surface area contributed by atoms with Crippen LogP contribution >= 0.6 is 0 Å². The first kappa shape index (κ1) is 7.50. The zero-order valence-electron chi connectivity index (χ0n) is 7.56. The summed E-state index contributed by atoms with van der Waals surface area (Å²) in [7, 11) is 0. The van der Waals surface area contributed by atoms with Crippen molar-refractivity contribution in [3.8, 4) is 0 Å². The lowest BCUT2D eigenvalue weighted by Crippen LogP contribution is -2.39. The molecule has 3 rings (SSSR count). The van der Waals surface area contributed by atoms with Crippen molar-refractivity contribution in [1.82, 2.24) is 20.3 Å². The molecule has 70 valence electrons. The van der Waals surface area contributed by atoms with E-state index in [0.717, 1.165) is 12.1 Å². The van der Waals surface area contributed by atoms with Crippen molar-refractivity contribution in [3.05, 3.63) is 12.4 Å². The van der Waals surface area contributed by atoms with Gasteiger partial charge in [0, 0.05) is 18.3 Å². The number of nitrogens with zero attached hydrogens (tertiary/aromatic N) is 3. The number of piperidine rings is 1.